The van der Waals surface area contributed by atoms with Gasteiger partial charge in [0, 0.05) is 18.7 Å². The van der Waals surface area contributed by atoms with E-state index in [1.54, 1.807) is 18.3 Å². The van der Waals surface area contributed by atoms with Crippen molar-refractivity contribution in [3.63, 3.8) is 0 Å². The third kappa shape index (κ3) is 2.35. The molecule has 3 rings (SSSR count). The quantitative estimate of drug-likeness (QED) is 0.579. The summed E-state index contributed by atoms with van der Waals surface area (Å²) in [6.07, 6.45) is 2.58. The van der Waals surface area contributed by atoms with Crippen molar-refractivity contribution >= 4 is 11.6 Å². The number of carbonyl (C=O) groups excluding carboxylic acids is 1. The first kappa shape index (κ1) is 12.6. The van der Waals surface area contributed by atoms with Crippen molar-refractivity contribution in [3.05, 3.63) is 59.4 Å². The topological polar surface area (TPSA) is 80.0 Å². The van der Waals surface area contributed by atoms with Gasteiger partial charge in [0.2, 0.25) is 0 Å². The molecule has 102 valence electrons. The summed E-state index contributed by atoms with van der Waals surface area (Å²) in [6, 6.07) is 11.7. The van der Waals surface area contributed by atoms with Gasteiger partial charge in [-0.3, -0.25) is 15.6 Å². The molecule has 2 aromatic rings. The number of rotatable bonds is 4. The third-order valence-corrected chi connectivity index (χ3v) is 3.63. The summed E-state index contributed by atoms with van der Waals surface area (Å²) in [5.74, 6) is 5.55. The van der Waals surface area contributed by atoms with Gasteiger partial charge in [0.25, 0.3) is 5.91 Å². The molecule has 0 radical (unpaired) electrons. The standard InChI is InChI=1S/C15H16N4O/c16-19-12-5-6-17-14(8-12)15(20)18-9-11-7-10-3-1-2-4-13(10)11/h1-6,8,11H,7,9,16H2,(H,17,19)(H,18,20). The van der Waals surface area contributed by atoms with Crippen LogP contribution in [-0.4, -0.2) is 17.4 Å². The maximum atomic E-state index is 12.0. The van der Waals surface area contributed by atoms with E-state index in [4.69, 9.17) is 5.84 Å². The summed E-state index contributed by atoms with van der Waals surface area (Å²) in [4.78, 5) is 16.1. The molecule has 1 heterocycles. The minimum Gasteiger partial charge on any atom is -0.350 e. The van der Waals surface area contributed by atoms with Gasteiger partial charge >= 0.3 is 0 Å². The number of nitrogens with zero attached hydrogens (tertiary/aromatic N) is 1. The Kier molecular flexibility index (Phi) is 3.35. The van der Waals surface area contributed by atoms with Gasteiger partial charge in [0.05, 0.1) is 5.69 Å². The van der Waals surface area contributed by atoms with E-state index >= 15 is 0 Å². The van der Waals surface area contributed by atoms with Crippen molar-refractivity contribution in [1.82, 2.24) is 10.3 Å². The Hall–Kier alpha value is -2.40. The zero-order chi connectivity index (χ0) is 13.9. The molecule has 4 N–H and O–H groups in total. The number of fused-ring (bicyclic) bond motifs is 1. The number of benzene rings is 1. The van der Waals surface area contributed by atoms with E-state index in [2.05, 4.69) is 27.9 Å². The highest BCUT2D eigenvalue weighted by Gasteiger charge is 2.25. The van der Waals surface area contributed by atoms with E-state index < -0.39 is 0 Å². The highest BCUT2D eigenvalue weighted by atomic mass is 16.1. The highest BCUT2D eigenvalue weighted by molar-refractivity contribution is 5.93. The molecule has 1 unspecified atom stereocenters. The minimum atomic E-state index is -0.175. The number of pyridine rings is 1. The number of hydrogen-bond donors (Lipinski definition) is 3. The first-order valence-electron chi connectivity index (χ1n) is 6.56. The molecule has 1 aromatic carbocycles. The van der Waals surface area contributed by atoms with Crippen molar-refractivity contribution < 1.29 is 4.79 Å². The molecular formula is C15H16N4O. The van der Waals surface area contributed by atoms with Gasteiger partial charge in [-0.15, -0.1) is 0 Å². The molecule has 20 heavy (non-hydrogen) atoms. The minimum absolute atomic E-state index is 0.175. The van der Waals surface area contributed by atoms with Crippen LogP contribution < -0.4 is 16.6 Å². The number of nitrogen functional groups attached to an aromatic ring is 1. The van der Waals surface area contributed by atoms with Crippen molar-refractivity contribution in [2.75, 3.05) is 12.0 Å². The van der Waals surface area contributed by atoms with E-state index in [9.17, 15) is 4.79 Å². The number of amides is 1. The Balaban J connectivity index is 1.61. The van der Waals surface area contributed by atoms with Crippen LogP contribution in [0.3, 0.4) is 0 Å². The van der Waals surface area contributed by atoms with Crippen molar-refractivity contribution in [2.45, 2.75) is 12.3 Å². The lowest BCUT2D eigenvalue weighted by Gasteiger charge is -2.30. The average Bonchev–Trinajstić information content (AvgIpc) is 2.48. The molecule has 1 aromatic heterocycles. The second kappa shape index (κ2) is 5.30. The lowest BCUT2D eigenvalue weighted by atomic mass is 9.77. The fraction of sp³-hybridized carbons (Fsp3) is 0.200. The van der Waals surface area contributed by atoms with Gasteiger partial charge in [0.1, 0.15) is 5.69 Å². The van der Waals surface area contributed by atoms with Gasteiger partial charge in [-0.25, -0.2) is 0 Å². The number of nitrogens with two attached hydrogens (primary N) is 1. The smallest absolute Gasteiger partial charge is 0.269 e. The fourth-order valence-corrected chi connectivity index (χ4v) is 2.50. The summed E-state index contributed by atoms with van der Waals surface area (Å²) in [6.45, 7) is 0.637. The predicted molar refractivity (Wildman–Crippen MR) is 77.3 cm³/mol. The molecule has 5 heteroatoms. The lowest BCUT2D eigenvalue weighted by Crippen LogP contribution is -2.33. The Morgan fingerprint density at radius 3 is 3.00 bits per heavy atom. The van der Waals surface area contributed by atoms with E-state index in [1.807, 2.05) is 12.1 Å². The molecule has 0 saturated carbocycles. The maximum Gasteiger partial charge on any atom is 0.269 e. The van der Waals surface area contributed by atoms with Crippen LogP contribution in [0.2, 0.25) is 0 Å². The van der Waals surface area contributed by atoms with Crippen molar-refractivity contribution in [3.8, 4) is 0 Å². The number of carbonyl (C=O) groups is 1. The molecule has 1 aliphatic carbocycles. The number of hydrogen-bond acceptors (Lipinski definition) is 4. The number of aromatic nitrogens is 1. The third-order valence-electron chi connectivity index (χ3n) is 3.63. The van der Waals surface area contributed by atoms with Crippen LogP contribution in [0.15, 0.2) is 42.6 Å². The molecule has 0 saturated heterocycles. The summed E-state index contributed by atoms with van der Waals surface area (Å²) >= 11 is 0. The summed E-state index contributed by atoms with van der Waals surface area (Å²) in [5.41, 5.74) is 6.24. The van der Waals surface area contributed by atoms with Crippen LogP contribution in [-0.2, 0) is 6.42 Å². The number of hydrazine groups is 1. The Labute approximate surface area is 117 Å². The first-order valence-corrected chi connectivity index (χ1v) is 6.56. The van der Waals surface area contributed by atoms with Crippen molar-refractivity contribution in [2.24, 2.45) is 5.84 Å². The maximum absolute atomic E-state index is 12.0. The summed E-state index contributed by atoms with van der Waals surface area (Å²) in [5, 5.41) is 2.92. The van der Waals surface area contributed by atoms with Gasteiger partial charge in [-0.05, 0) is 29.7 Å². The van der Waals surface area contributed by atoms with Crippen molar-refractivity contribution in [1.29, 1.82) is 0 Å². The molecule has 1 atom stereocenters. The Morgan fingerprint density at radius 2 is 2.20 bits per heavy atom. The molecule has 0 aliphatic heterocycles. The second-order valence-electron chi connectivity index (χ2n) is 4.88. The van der Waals surface area contributed by atoms with Gasteiger partial charge in [0.15, 0.2) is 0 Å². The monoisotopic (exact) mass is 268 g/mol. The van der Waals surface area contributed by atoms with E-state index in [0.29, 0.717) is 23.8 Å². The Morgan fingerprint density at radius 1 is 1.35 bits per heavy atom. The summed E-state index contributed by atoms with van der Waals surface area (Å²) < 4.78 is 0. The van der Waals surface area contributed by atoms with E-state index in [1.165, 1.54) is 11.1 Å². The molecule has 5 nitrogen and oxygen atoms in total. The lowest BCUT2D eigenvalue weighted by molar-refractivity contribution is 0.0945. The van der Waals surface area contributed by atoms with Crippen LogP contribution in [0.25, 0.3) is 0 Å². The molecule has 1 amide bonds. The van der Waals surface area contributed by atoms with Crippen LogP contribution in [0.5, 0.6) is 0 Å². The van der Waals surface area contributed by atoms with Crippen LogP contribution in [0.1, 0.15) is 27.5 Å². The molecule has 0 spiro atoms. The van der Waals surface area contributed by atoms with E-state index in [0.717, 1.165) is 6.42 Å². The van der Waals surface area contributed by atoms with Gasteiger partial charge in [-0.1, -0.05) is 24.3 Å². The molecule has 0 bridgehead atoms. The zero-order valence-electron chi connectivity index (χ0n) is 11.0. The van der Waals surface area contributed by atoms with Crippen LogP contribution >= 0.6 is 0 Å². The number of nitrogens with one attached hydrogen (secondary N) is 2. The largest absolute Gasteiger partial charge is 0.350 e. The van der Waals surface area contributed by atoms with Crippen LogP contribution in [0, 0.1) is 0 Å². The molecular weight excluding hydrogens is 252 g/mol. The Bertz CT molecular complexity index is 641. The SMILES string of the molecule is NNc1ccnc(C(=O)NCC2Cc3ccccc32)c1. The average molecular weight is 268 g/mol. The molecule has 0 fully saturated rings. The zero-order valence-corrected chi connectivity index (χ0v) is 11.0. The molecule has 1 aliphatic rings. The van der Waals surface area contributed by atoms with Gasteiger partial charge in [-0.2, -0.15) is 0 Å². The fourth-order valence-electron chi connectivity index (χ4n) is 2.50. The van der Waals surface area contributed by atoms with Crippen LogP contribution in [0.4, 0.5) is 5.69 Å². The second-order valence-corrected chi connectivity index (χ2v) is 4.88. The van der Waals surface area contributed by atoms with E-state index in [-0.39, 0.29) is 5.91 Å². The van der Waals surface area contributed by atoms with Gasteiger partial charge < -0.3 is 10.7 Å². The normalized spacial score (nSPS) is 15.9. The number of anilines is 1. The summed E-state index contributed by atoms with van der Waals surface area (Å²) in [7, 11) is 0. The highest BCUT2D eigenvalue weighted by Crippen LogP contribution is 2.33. The first-order chi connectivity index (χ1) is 9.78. The predicted octanol–water partition coefficient (Wildman–Crippen LogP) is 1.44.